The Hall–Kier alpha value is -2.67. The van der Waals surface area contributed by atoms with Crippen molar-refractivity contribution < 1.29 is 18.0 Å². The van der Waals surface area contributed by atoms with Gasteiger partial charge in [0.25, 0.3) is 5.91 Å². The van der Waals surface area contributed by atoms with E-state index in [2.05, 4.69) is 10.6 Å². The van der Waals surface area contributed by atoms with Gasteiger partial charge in [0.05, 0.1) is 18.1 Å². The highest BCUT2D eigenvalue weighted by atomic mass is 32.2. The largest absolute Gasteiger partial charge is 0.354 e. The number of nitrogens with one attached hydrogen (secondary N) is 2. The number of amides is 2. The van der Waals surface area contributed by atoms with Crippen molar-refractivity contribution in [3.8, 4) is 0 Å². The van der Waals surface area contributed by atoms with Crippen molar-refractivity contribution in [2.75, 3.05) is 18.8 Å². The van der Waals surface area contributed by atoms with Crippen molar-refractivity contribution in [2.45, 2.75) is 19.6 Å². The second-order valence-corrected chi connectivity index (χ2v) is 8.67. The van der Waals surface area contributed by atoms with Crippen LogP contribution >= 0.6 is 0 Å². The monoisotopic (exact) mass is 388 g/mol. The van der Waals surface area contributed by atoms with Crippen LogP contribution in [0.2, 0.25) is 0 Å². The quantitative estimate of drug-likeness (QED) is 0.721. The number of carbonyl (C=O) groups is 2. The molecule has 0 spiro atoms. The van der Waals surface area contributed by atoms with Gasteiger partial charge in [-0.25, -0.2) is 8.42 Å². The van der Waals surface area contributed by atoms with Crippen LogP contribution in [0.1, 0.15) is 27.0 Å². The van der Waals surface area contributed by atoms with Gasteiger partial charge in [0.2, 0.25) is 5.91 Å². The molecule has 27 heavy (non-hydrogen) atoms. The van der Waals surface area contributed by atoms with Crippen molar-refractivity contribution in [1.29, 1.82) is 0 Å². The average molecular weight is 388 g/mol. The Morgan fingerprint density at radius 2 is 1.56 bits per heavy atom. The predicted molar refractivity (Wildman–Crippen MR) is 105 cm³/mol. The van der Waals surface area contributed by atoms with Crippen LogP contribution in [0.15, 0.2) is 48.5 Å². The lowest BCUT2D eigenvalue weighted by Crippen LogP contribution is -2.38. The van der Waals surface area contributed by atoms with Gasteiger partial charge < -0.3 is 10.6 Å². The van der Waals surface area contributed by atoms with E-state index in [1.165, 1.54) is 0 Å². The van der Waals surface area contributed by atoms with E-state index in [0.29, 0.717) is 11.1 Å². The Kier molecular flexibility index (Phi) is 7.12. The summed E-state index contributed by atoms with van der Waals surface area (Å²) in [5.74, 6) is -0.984. The maximum Gasteiger partial charge on any atom is 0.251 e. The zero-order valence-corrected chi connectivity index (χ0v) is 16.3. The summed E-state index contributed by atoms with van der Waals surface area (Å²) < 4.78 is 24.2. The molecule has 0 unspecified atom stereocenters. The molecule has 2 amide bonds. The van der Waals surface area contributed by atoms with Crippen LogP contribution in [0.3, 0.4) is 0 Å². The molecule has 0 fully saturated rings. The Bertz CT molecular complexity index is 889. The molecule has 6 nitrogen and oxygen atoms in total. The van der Waals surface area contributed by atoms with Crippen LogP contribution in [-0.2, 0) is 20.4 Å². The third kappa shape index (κ3) is 7.22. The average Bonchev–Trinajstić information content (AvgIpc) is 2.59. The lowest BCUT2D eigenvalue weighted by atomic mass is 10.1. The van der Waals surface area contributed by atoms with Crippen LogP contribution in [0.4, 0.5) is 0 Å². The van der Waals surface area contributed by atoms with Gasteiger partial charge in [-0.05, 0) is 31.5 Å². The van der Waals surface area contributed by atoms with Crippen molar-refractivity contribution in [1.82, 2.24) is 10.6 Å². The molecule has 0 saturated carbocycles. The Balaban J connectivity index is 1.75. The van der Waals surface area contributed by atoms with Crippen LogP contribution in [-0.4, -0.2) is 39.1 Å². The fourth-order valence-corrected chi connectivity index (χ4v) is 3.93. The molecule has 0 heterocycles. The van der Waals surface area contributed by atoms with Crippen LogP contribution in [0.25, 0.3) is 0 Å². The summed E-state index contributed by atoms with van der Waals surface area (Å²) in [7, 11) is -3.32. The molecule has 144 valence electrons. The number of aryl methyl sites for hydroxylation is 2. The fourth-order valence-electron chi connectivity index (χ4n) is 2.68. The van der Waals surface area contributed by atoms with Crippen molar-refractivity contribution in [2.24, 2.45) is 0 Å². The summed E-state index contributed by atoms with van der Waals surface area (Å²) in [5, 5.41) is 5.06. The summed E-state index contributed by atoms with van der Waals surface area (Å²) in [4.78, 5) is 23.9. The van der Waals surface area contributed by atoms with Crippen LogP contribution < -0.4 is 10.6 Å². The topological polar surface area (TPSA) is 92.3 Å². The third-order valence-corrected chi connectivity index (χ3v) is 5.46. The van der Waals surface area contributed by atoms with Crippen molar-refractivity contribution in [3.05, 3.63) is 70.8 Å². The molecule has 2 rings (SSSR count). The second-order valence-electron chi connectivity index (χ2n) is 6.49. The normalized spacial score (nSPS) is 11.0. The van der Waals surface area contributed by atoms with E-state index in [9.17, 15) is 18.0 Å². The van der Waals surface area contributed by atoms with E-state index >= 15 is 0 Å². The second kappa shape index (κ2) is 9.32. The molecule has 0 aliphatic carbocycles. The van der Waals surface area contributed by atoms with Crippen molar-refractivity contribution >= 4 is 21.7 Å². The molecule has 0 atom stereocenters. The molecular weight excluding hydrogens is 364 g/mol. The number of rotatable bonds is 8. The minimum atomic E-state index is -3.32. The maximum absolute atomic E-state index is 12.1. The number of benzene rings is 2. The summed E-state index contributed by atoms with van der Waals surface area (Å²) in [5.41, 5.74) is 3.14. The summed E-state index contributed by atoms with van der Waals surface area (Å²) in [6.07, 6.45) is 0. The Morgan fingerprint density at radius 1 is 0.926 bits per heavy atom. The van der Waals surface area contributed by atoms with Gasteiger partial charge in [-0.2, -0.15) is 0 Å². The fraction of sp³-hybridized carbons (Fsp3) is 0.300. The summed E-state index contributed by atoms with van der Waals surface area (Å²) >= 11 is 0. The predicted octanol–water partition coefficient (Wildman–Crippen LogP) is 1.76. The Labute approximate surface area is 159 Å². The maximum atomic E-state index is 12.1. The molecule has 0 radical (unpaired) electrons. The molecule has 2 aromatic rings. The highest BCUT2D eigenvalue weighted by Crippen LogP contribution is 2.08. The van der Waals surface area contributed by atoms with E-state index in [4.69, 9.17) is 0 Å². The molecule has 0 aliphatic heterocycles. The molecule has 0 aliphatic rings. The Morgan fingerprint density at radius 3 is 2.19 bits per heavy atom. The van der Waals surface area contributed by atoms with Gasteiger partial charge >= 0.3 is 0 Å². The molecule has 2 aromatic carbocycles. The first-order valence-corrected chi connectivity index (χ1v) is 10.4. The first kappa shape index (κ1) is 20.6. The molecule has 0 bridgehead atoms. The smallest absolute Gasteiger partial charge is 0.251 e. The van der Waals surface area contributed by atoms with Gasteiger partial charge in [0.1, 0.15) is 0 Å². The highest BCUT2D eigenvalue weighted by molar-refractivity contribution is 7.90. The van der Waals surface area contributed by atoms with Gasteiger partial charge in [-0.1, -0.05) is 47.5 Å². The third-order valence-electron chi connectivity index (χ3n) is 3.86. The van der Waals surface area contributed by atoms with E-state index in [1.807, 2.05) is 26.0 Å². The molecule has 0 saturated heterocycles. The highest BCUT2D eigenvalue weighted by Gasteiger charge is 2.13. The number of sulfone groups is 1. The zero-order valence-electron chi connectivity index (χ0n) is 15.5. The first-order chi connectivity index (χ1) is 12.7. The molecule has 2 N–H and O–H groups in total. The summed E-state index contributed by atoms with van der Waals surface area (Å²) in [6.45, 7) is 3.59. The van der Waals surface area contributed by atoms with Crippen LogP contribution in [0.5, 0.6) is 0 Å². The van der Waals surface area contributed by atoms with Gasteiger partial charge in [-0.15, -0.1) is 0 Å². The SMILES string of the molecule is Cc1cc(C)cc(C(=O)NCC(=O)NCCS(=O)(=O)Cc2ccccc2)c1. The zero-order chi connectivity index (χ0) is 19.9. The minimum absolute atomic E-state index is 0.00737. The number of carbonyl (C=O) groups excluding carboxylic acids is 2. The van der Waals surface area contributed by atoms with E-state index in [-0.39, 0.29) is 30.5 Å². The molecular formula is C20H24N2O4S. The minimum Gasteiger partial charge on any atom is -0.354 e. The summed E-state index contributed by atoms with van der Waals surface area (Å²) in [6, 6.07) is 14.3. The van der Waals surface area contributed by atoms with Crippen molar-refractivity contribution in [3.63, 3.8) is 0 Å². The number of hydrogen-bond acceptors (Lipinski definition) is 4. The van der Waals surface area contributed by atoms with E-state index < -0.39 is 15.7 Å². The van der Waals surface area contributed by atoms with Gasteiger partial charge in [0.15, 0.2) is 9.84 Å². The van der Waals surface area contributed by atoms with E-state index in [1.54, 1.807) is 36.4 Å². The standard InChI is InChI=1S/C20H24N2O4S/c1-15-10-16(2)12-18(11-15)20(24)22-13-19(23)21-8-9-27(25,26)14-17-6-4-3-5-7-17/h3-7,10-12H,8-9,13-14H2,1-2H3,(H,21,23)(H,22,24). The van der Waals surface area contributed by atoms with Crippen LogP contribution in [0, 0.1) is 13.8 Å². The molecule has 7 heteroatoms. The van der Waals surface area contributed by atoms with Gasteiger partial charge in [-0.3, -0.25) is 9.59 Å². The van der Waals surface area contributed by atoms with E-state index in [0.717, 1.165) is 11.1 Å². The lowest BCUT2D eigenvalue weighted by molar-refractivity contribution is -0.120. The first-order valence-electron chi connectivity index (χ1n) is 8.63. The lowest BCUT2D eigenvalue weighted by Gasteiger charge is -2.09. The van der Waals surface area contributed by atoms with Gasteiger partial charge in [0, 0.05) is 12.1 Å². The molecule has 0 aromatic heterocycles. The number of hydrogen-bond donors (Lipinski definition) is 2.